The average Bonchev–Trinajstić information content (AvgIpc) is 3.71. The Balaban J connectivity index is 1.28. The minimum absolute atomic E-state index is 0.0871. The number of carbonyl (C=O) groups excluding carboxylic acids is 1. The largest absolute Gasteiger partial charge is 0.497 e. The third-order valence-electron chi connectivity index (χ3n) is 9.12. The van der Waals surface area contributed by atoms with Crippen LogP contribution in [0.5, 0.6) is 23.0 Å². The lowest BCUT2D eigenvalue weighted by Gasteiger charge is -2.38. The van der Waals surface area contributed by atoms with Gasteiger partial charge in [-0.3, -0.25) is 4.79 Å². The summed E-state index contributed by atoms with van der Waals surface area (Å²) in [4.78, 5) is 17.7. The van der Waals surface area contributed by atoms with E-state index in [-0.39, 0.29) is 36.0 Å². The topological polar surface area (TPSA) is 120 Å². The predicted octanol–water partition coefficient (Wildman–Crippen LogP) is 6.87. The first kappa shape index (κ1) is 39.2. The van der Waals surface area contributed by atoms with Gasteiger partial charge in [0.25, 0.3) is 10.0 Å². The van der Waals surface area contributed by atoms with E-state index in [1.54, 1.807) is 36.4 Å². The van der Waals surface area contributed by atoms with Gasteiger partial charge in [-0.2, -0.15) is 4.37 Å². The zero-order chi connectivity index (χ0) is 39.4. The van der Waals surface area contributed by atoms with Crippen molar-refractivity contribution in [3.63, 3.8) is 0 Å². The van der Waals surface area contributed by atoms with Crippen LogP contribution >= 0.6 is 11.5 Å². The highest BCUT2D eigenvalue weighted by atomic mass is 32.2. The van der Waals surface area contributed by atoms with Crippen LogP contribution in [0.15, 0.2) is 78.0 Å². The van der Waals surface area contributed by atoms with Gasteiger partial charge >= 0.3 is 0 Å². The third-order valence-corrected chi connectivity index (χ3v) is 11.7. The summed E-state index contributed by atoms with van der Waals surface area (Å²) in [6, 6.07) is 13.6. The van der Waals surface area contributed by atoms with Crippen molar-refractivity contribution in [1.29, 1.82) is 0 Å². The molecule has 1 aliphatic rings. The molecular weight excluding hydrogens is 772 g/mol. The summed E-state index contributed by atoms with van der Waals surface area (Å²) in [6.45, 7) is -0.822. The number of carbonyl (C=O) groups is 1. The summed E-state index contributed by atoms with van der Waals surface area (Å²) >= 11 is 0.708. The van der Waals surface area contributed by atoms with Crippen LogP contribution in [-0.4, -0.2) is 63.1 Å². The fourth-order valence-electron chi connectivity index (χ4n) is 6.26. The van der Waals surface area contributed by atoms with Gasteiger partial charge in [-0.25, -0.2) is 39.7 Å². The molecule has 6 rings (SSSR count). The maximum Gasteiger partial charge on any atom is 0.269 e. The van der Waals surface area contributed by atoms with Gasteiger partial charge in [0.05, 0.1) is 34.5 Å². The Morgan fingerprint density at radius 2 is 1.53 bits per heavy atom. The number of halogens is 5. The summed E-state index contributed by atoms with van der Waals surface area (Å²) in [6.07, 6.45) is 0.776. The van der Waals surface area contributed by atoms with E-state index in [1.807, 2.05) is 0 Å². The quantitative estimate of drug-likeness (QED) is 0.0876. The number of piperidine rings is 1. The zero-order valence-electron chi connectivity index (χ0n) is 29.5. The summed E-state index contributed by atoms with van der Waals surface area (Å²) in [5.74, 6) is -8.16. The molecular formula is C37H33F5N4O7S2. The first-order valence-electron chi connectivity index (χ1n) is 16.5. The molecule has 1 aliphatic heterocycles. The number of aromatic nitrogens is 2. The number of sulfonamides is 1. The second-order valence-electron chi connectivity index (χ2n) is 12.4. The highest BCUT2D eigenvalue weighted by Crippen LogP contribution is 2.38. The standard InChI is InChI=1S/C37H33F5N4O7S2/c1-50-24-7-4-21(5-8-24)16-45-17-23(26(12-36(45)47)27-11-29(39)30(40)13-28(27)38)19-53-34-14-32(42)35(15-31(34)41)55(48,49)46(37-43-20-44-54-37)18-22-6-9-25(51-2)10-33(22)52-3/h4-11,13-15,20,23,26H,12,16-19H2,1-3H3/t23-,26+/m0/s1. The molecule has 1 fully saturated rings. The van der Waals surface area contributed by atoms with Crippen molar-refractivity contribution in [3.05, 3.63) is 119 Å². The molecule has 0 aliphatic carbocycles. The molecule has 0 unspecified atom stereocenters. The van der Waals surface area contributed by atoms with Crippen molar-refractivity contribution in [3.8, 4) is 23.0 Å². The average molecular weight is 805 g/mol. The Bertz CT molecular complexity index is 2280. The molecule has 0 spiro atoms. The molecule has 0 N–H and O–H groups in total. The van der Waals surface area contributed by atoms with Crippen molar-refractivity contribution in [2.75, 3.05) is 38.8 Å². The molecule has 4 aromatic carbocycles. The Kier molecular flexibility index (Phi) is 11.7. The van der Waals surface area contributed by atoms with Crippen molar-refractivity contribution >= 4 is 32.6 Å². The van der Waals surface area contributed by atoms with Gasteiger partial charge in [-0.05, 0) is 41.5 Å². The molecule has 0 radical (unpaired) electrons. The summed E-state index contributed by atoms with van der Waals surface area (Å²) in [5, 5.41) is -0.139. The minimum Gasteiger partial charge on any atom is -0.497 e. The number of likely N-dealkylation sites (tertiary alicyclic amines) is 1. The van der Waals surface area contributed by atoms with Crippen LogP contribution in [0.2, 0.25) is 0 Å². The molecule has 1 amide bonds. The molecule has 0 bridgehead atoms. The zero-order valence-corrected chi connectivity index (χ0v) is 31.1. The van der Waals surface area contributed by atoms with Gasteiger partial charge in [-0.1, -0.05) is 12.1 Å². The van der Waals surface area contributed by atoms with Gasteiger partial charge in [-0.15, -0.1) is 0 Å². The van der Waals surface area contributed by atoms with Crippen molar-refractivity contribution < 1.29 is 54.1 Å². The molecule has 1 saturated heterocycles. The lowest BCUT2D eigenvalue weighted by Crippen LogP contribution is -2.45. The molecule has 0 saturated carbocycles. The van der Waals surface area contributed by atoms with Crippen LogP contribution in [0.25, 0.3) is 0 Å². The first-order valence-corrected chi connectivity index (χ1v) is 18.7. The second kappa shape index (κ2) is 16.5. The maximum absolute atomic E-state index is 15.8. The molecule has 2 atom stereocenters. The highest BCUT2D eigenvalue weighted by Gasteiger charge is 2.38. The van der Waals surface area contributed by atoms with Gasteiger partial charge in [0, 0.05) is 72.7 Å². The van der Waals surface area contributed by atoms with Crippen molar-refractivity contribution in [1.82, 2.24) is 14.3 Å². The second-order valence-corrected chi connectivity index (χ2v) is 15.0. The maximum atomic E-state index is 15.8. The molecule has 11 nitrogen and oxygen atoms in total. The molecule has 18 heteroatoms. The van der Waals surface area contributed by atoms with Crippen LogP contribution in [0.1, 0.15) is 29.0 Å². The molecule has 290 valence electrons. The smallest absolute Gasteiger partial charge is 0.269 e. The van der Waals surface area contributed by atoms with E-state index in [2.05, 4.69) is 9.36 Å². The SMILES string of the molecule is COc1ccc(CN2C[C@@H](COc3cc(F)c(S(=O)(=O)N(Cc4ccc(OC)cc4OC)c4ncns4)cc3F)[C@H](c3cc(F)c(F)cc3F)CC2=O)cc1. The van der Waals surface area contributed by atoms with E-state index in [9.17, 15) is 22.0 Å². The van der Waals surface area contributed by atoms with Crippen molar-refractivity contribution in [2.45, 2.75) is 30.3 Å². The third kappa shape index (κ3) is 8.44. The Hall–Kier alpha value is -5.49. The number of nitrogens with zero attached hydrogens (tertiary/aromatic N) is 4. The Morgan fingerprint density at radius 3 is 2.20 bits per heavy atom. The van der Waals surface area contributed by atoms with Gasteiger partial charge in [0.2, 0.25) is 11.0 Å². The van der Waals surface area contributed by atoms with Gasteiger partial charge in [0.15, 0.2) is 23.2 Å². The lowest BCUT2D eigenvalue weighted by atomic mass is 9.80. The van der Waals surface area contributed by atoms with Crippen LogP contribution in [0, 0.1) is 35.0 Å². The molecule has 2 heterocycles. The summed E-state index contributed by atoms with van der Waals surface area (Å²) in [5.41, 5.74) is 0.787. The normalized spacial score (nSPS) is 15.9. The number of hydrogen-bond donors (Lipinski definition) is 0. The number of benzene rings is 4. The molecule has 55 heavy (non-hydrogen) atoms. The van der Waals surface area contributed by atoms with Gasteiger partial charge < -0.3 is 23.8 Å². The number of methoxy groups -OCH3 is 3. The summed E-state index contributed by atoms with van der Waals surface area (Å²) in [7, 11) is -0.534. The van der Waals surface area contributed by atoms with E-state index in [0.29, 0.717) is 52.9 Å². The van der Waals surface area contributed by atoms with E-state index in [1.165, 1.54) is 32.3 Å². The van der Waals surface area contributed by atoms with Crippen LogP contribution in [0.4, 0.5) is 27.1 Å². The van der Waals surface area contributed by atoms with Crippen LogP contribution < -0.4 is 23.3 Å². The van der Waals surface area contributed by atoms with E-state index >= 15 is 13.2 Å². The number of amides is 1. The fraction of sp³-hybridized carbons (Fsp3) is 0.270. The minimum atomic E-state index is -4.85. The Morgan fingerprint density at radius 1 is 0.818 bits per heavy atom. The van der Waals surface area contributed by atoms with E-state index < -0.39 is 80.6 Å². The number of hydrogen-bond acceptors (Lipinski definition) is 10. The fourth-order valence-corrected chi connectivity index (χ4v) is 8.45. The number of rotatable bonds is 14. The number of anilines is 1. The number of ether oxygens (including phenoxy) is 4. The summed E-state index contributed by atoms with van der Waals surface area (Å²) < 4.78 is 129. The Labute approximate surface area is 317 Å². The van der Waals surface area contributed by atoms with Crippen LogP contribution in [0.3, 0.4) is 0 Å². The predicted molar refractivity (Wildman–Crippen MR) is 190 cm³/mol. The van der Waals surface area contributed by atoms with E-state index in [4.69, 9.17) is 18.9 Å². The molecule has 1 aromatic heterocycles. The highest BCUT2D eigenvalue weighted by molar-refractivity contribution is 7.93. The lowest BCUT2D eigenvalue weighted by molar-refractivity contribution is -0.136. The first-order chi connectivity index (χ1) is 26.3. The monoisotopic (exact) mass is 804 g/mol. The van der Waals surface area contributed by atoms with Crippen molar-refractivity contribution in [2.24, 2.45) is 5.92 Å². The van der Waals surface area contributed by atoms with Crippen LogP contribution in [-0.2, 0) is 27.9 Å². The van der Waals surface area contributed by atoms with Gasteiger partial charge in [0.1, 0.15) is 40.1 Å². The van der Waals surface area contributed by atoms with E-state index in [0.717, 1.165) is 16.2 Å². The molecule has 5 aromatic rings.